The van der Waals surface area contributed by atoms with Gasteiger partial charge in [-0.15, -0.1) is 0 Å². The number of anilines is 1. The van der Waals surface area contributed by atoms with Crippen molar-refractivity contribution in [2.75, 3.05) is 26.1 Å². The van der Waals surface area contributed by atoms with E-state index in [0.717, 1.165) is 0 Å². The number of phosphoric acid groups is 2. The molecule has 3 aliphatic heterocycles. The number of H-pyrrole nitrogens is 1. The predicted molar refractivity (Wildman–Crippen MR) is 155 cm³/mol. The van der Waals surface area contributed by atoms with E-state index in [4.69, 9.17) is 38.0 Å². The average Bonchev–Trinajstić information content (AvgIpc) is 3.85. The van der Waals surface area contributed by atoms with Gasteiger partial charge in [0.05, 0.1) is 25.9 Å². The maximum Gasteiger partial charge on any atom is 0.472 e. The molecule has 48 heavy (non-hydrogen) atoms. The lowest BCUT2D eigenvalue weighted by molar-refractivity contribution is -0.0673. The molecule has 10 atom stereocenters. The van der Waals surface area contributed by atoms with Crippen LogP contribution in [0.5, 0.6) is 0 Å². The summed E-state index contributed by atoms with van der Waals surface area (Å²) in [4.78, 5) is 57.4. The van der Waals surface area contributed by atoms with Crippen LogP contribution < -0.4 is 11.3 Å². The number of aromatic amines is 1. The topological polar surface area (TPSA) is 297 Å². The normalized spacial score (nSPS) is 36.2. The SMILES string of the molecule is COC1C2COP(=O)(O)OC3C(COP(=O)(O)OC1C(n1cnc4c(=O)[nH]c(N)nc41)O2)OC(n1cnc2c1ncn1ccnc21)C3O. The molecule has 2 bridgehead atoms. The molecule has 0 amide bonds. The van der Waals surface area contributed by atoms with Crippen molar-refractivity contribution in [1.82, 2.24) is 43.4 Å². The van der Waals surface area contributed by atoms with Crippen molar-refractivity contribution >= 4 is 49.6 Å². The van der Waals surface area contributed by atoms with Gasteiger partial charge in [0.1, 0.15) is 43.0 Å². The average molecular weight is 712 g/mol. The summed E-state index contributed by atoms with van der Waals surface area (Å²) >= 11 is 0. The van der Waals surface area contributed by atoms with E-state index in [9.17, 15) is 28.8 Å². The zero-order valence-electron chi connectivity index (χ0n) is 24.4. The van der Waals surface area contributed by atoms with Gasteiger partial charge in [-0.2, -0.15) is 4.98 Å². The fourth-order valence-corrected chi connectivity index (χ4v) is 7.94. The number of nitrogen functional groups attached to an aromatic ring is 1. The Morgan fingerprint density at radius 1 is 0.896 bits per heavy atom. The van der Waals surface area contributed by atoms with Crippen molar-refractivity contribution in [1.29, 1.82) is 0 Å². The molecule has 0 radical (unpaired) electrons. The molecular weight excluding hydrogens is 686 g/mol. The monoisotopic (exact) mass is 712 g/mol. The number of aromatic nitrogens is 9. The van der Waals surface area contributed by atoms with E-state index in [1.54, 1.807) is 16.8 Å². The number of fused-ring (bicyclic) bond motifs is 7. The molecule has 10 unspecified atom stereocenters. The molecule has 3 saturated heterocycles. The second-order valence-electron chi connectivity index (χ2n) is 11.0. The third-order valence-electron chi connectivity index (χ3n) is 8.13. The summed E-state index contributed by atoms with van der Waals surface area (Å²) in [5.74, 6) is -0.245. The molecule has 0 aliphatic carbocycles. The Kier molecular flexibility index (Phi) is 7.52. The quantitative estimate of drug-likeness (QED) is 0.140. The molecule has 23 nitrogen and oxygen atoms in total. The number of hydrogen-bond donors (Lipinski definition) is 5. The zero-order valence-corrected chi connectivity index (χ0v) is 26.2. The first-order valence-electron chi connectivity index (χ1n) is 14.1. The number of aliphatic hydroxyl groups excluding tert-OH is 1. The van der Waals surface area contributed by atoms with Crippen LogP contribution in [0.15, 0.2) is 36.2 Å². The highest BCUT2D eigenvalue weighted by Crippen LogP contribution is 2.54. The van der Waals surface area contributed by atoms with E-state index in [0.29, 0.717) is 11.2 Å². The molecule has 0 spiro atoms. The number of nitrogens with two attached hydrogens (primary N) is 1. The molecular formula is C23H26N10O13P2. The molecule has 0 aromatic carbocycles. The summed E-state index contributed by atoms with van der Waals surface area (Å²) in [5.41, 5.74) is 5.97. The minimum atomic E-state index is -5.05. The van der Waals surface area contributed by atoms with Crippen molar-refractivity contribution in [2.24, 2.45) is 0 Å². The highest BCUT2D eigenvalue weighted by atomic mass is 31.2. The number of ether oxygens (including phenoxy) is 3. The van der Waals surface area contributed by atoms with E-state index >= 15 is 0 Å². The van der Waals surface area contributed by atoms with Crippen LogP contribution in [-0.2, 0) is 41.4 Å². The fraction of sp³-hybridized carbons (Fsp3) is 0.478. The highest BCUT2D eigenvalue weighted by Gasteiger charge is 2.54. The Bertz CT molecular complexity index is 2190. The third-order valence-corrected chi connectivity index (χ3v) is 10.1. The molecule has 5 aromatic rings. The summed E-state index contributed by atoms with van der Waals surface area (Å²) in [7, 11) is -8.83. The van der Waals surface area contributed by atoms with Crippen molar-refractivity contribution < 1.29 is 56.3 Å². The van der Waals surface area contributed by atoms with Crippen LogP contribution in [0.4, 0.5) is 5.95 Å². The maximum atomic E-state index is 13.4. The van der Waals surface area contributed by atoms with Gasteiger partial charge >= 0.3 is 15.6 Å². The van der Waals surface area contributed by atoms with Gasteiger partial charge in [-0.3, -0.25) is 41.4 Å². The molecule has 3 aliphatic rings. The van der Waals surface area contributed by atoms with Gasteiger partial charge < -0.3 is 34.8 Å². The van der Waals surface area contributed by atoms with Gasteiger partial charge in [0.25, 0.3) is 5.56 Å². The van der Waals surface area contributed by atoms with Gasteiger partial charge in [0.15, 0.2) is 40.4 Å². The van der Waals surface area contributed by atoms with E-state index < -0.39 is 83.5 Å². The van der Waals surface area contributed by atoms with Gasteiger partial charge in [-0.05, 0) is 0 Å². The van der Waals surface area contributed by atoms with Crippen molar-refractivity contribution in [2.45, 2.75) is 49.1 Å². The zero-order chi connectivity index (χ0) is 33.5. The molecule has 0 saturated carbocycles. The van der Waals surface area contributed by atoms with Crippen LogP contribution >= 0.6 is 15.6 Å². The Morgan fingerprint density at radius 3 is 2.31 bits per heavy atom. The summed E-state index contributed by atoms with van der Waals surface area (Å²) in [6, 6.07) is 0. The lowest BCUT2D eigenvalue weighted by Gasteiger charge is -2.26. The van der Waals surface area contributed by atoms with Crippen molar-refractivity contribution in [3.05, 3.63) is 41.7 Å². The molecule has 5 aromatic heterocycles. The number of hydrogen-bond acceptors (Lipinski definition) is 17. The maximum absolute atomic E-state index is 13.4. The van der Waals surface area contributed by atoms with E-state index in [1.165, 1.54) is 35.2 Å². The Balaban J connectivity index is 1.12. The number of imidazole rings is 3. The van der Waals surface area contributed by atoms with Gasteiger partial charge in [-0.25, -0.2) is 29.1 Å². The summed E-state index contributed by atoms with van der Waals surface area (Å²) in [6.07, 6.45) is -4.14. The fourth-order valence-electron chi connectivity index (χ4n) is 6.04. The molecule has 8 rings (SSSR count). The molecule has 6 N–H and O–H groups in total. The standard InChI is InChI=1S/C23H26N10O13P2/c1-40-15-10-5-42-47(36,37)45-14-9(43-21(13(14)34)32-7-26-11-17-25-2-3-31(17)6-28-18(11)32)4-41-48(38,39)46-16(15)22(44-10)33-8-27-12-19(33)29-23(24)30-20(12)35/h2-3,6-10,13-16,21-22,34H,4-5H2,1H3,(H,36,37)(H,38,39)(H3,24,29,30,35). The van der Waals surface area contributed by atoms with E-state index in [-0.39, 0.29) is 22.8 Å². The highest BCUT2D eigenvalue weighted by molar-refractivity contribution is 7.47. The second-order valence-corrected chi connectivity index (χ2v) is 13.8. The molecule has 8 heterocycles. The molecule has 3 fully saturated rings. The third kappa shape index (κ3) is 5.24. The van der Waals surface area contributed by atoms with Crippen LogP contribution in [0.2, 0.25) is 0 Å². The Hall–Kier alpha value is -3.70. The van der Waals surface area contributed by atoms with Crippen molar-refractivity contribution in [3.63, 3.8) is 0 Å². The van der Waals surface area contributed by atoms with E-state index in [1.807, 2.05) is 0 Å². The van der Waals surface area contributed by atoms with Crippen LogP contribution in [0, 0.1) is 0 Å². The lowest BCUT2D eigenvalue weighted by Crippen LogP contribution is -2.37. The molecule has 25 heteroatoms. The number of phosphoric ester groups is 2. The number of aliphatic hydroxyl groups is 1. The smallest absolute Gasteiger partial charge is 0.386 e. The summed E-state index contributed by atoms with van der Waals surface area (Å²) in [6.45, 7) is -1.45. The minimum Gasteiger partial charge on any atom is -0.386 e. The summed E-state index contributed by atoms with van der Waals surface area (Å²) in [5, 5.41) is 11.3. The Morgan fingerprint density at radius 2 is 1.56 bits per heavy atom. The van der Waals surface area contributed by atoms with Crippen LogP contribution in [0.1, 0.15) is 12.5 Å². The first-order chi connectivity index (χ1) is 22.9. The van der Waals surface area contributed by atoms with Crippen LogP contribution in [-0.4, -0.2) is 115 Å². The van der Waals surface area contributed by atoms with Crippen molar-refractivity contribution in [3.8, 4) is 0 Å². The number of rotatable bonds is 3. The number of nitrogens with one attached hydrogen (secondary N) is 1. The molecule has 256 valence electrons. The largest absolute Gasteiger partial charge is 0.472 e. The summed E-state index contributed by atoms with van der Waals surface area (Å²) < 4.78 is 69.9. The second kappa shape index (κ2) is 11.4. The lowest BCUT2D eigenvalue weighted by atomic mass is 10.1. The van der Waals surface area contributed by atoms with Crippen LogP contribution in [0.3, 0.4) is 0 Å². The van der Waals surface area contributed by atoms with Crippen LogP contribution in [0.25, 0.3) is 28.0 Å². The predicted octanol–water partition coefficient (Wildman–Crippen LogP) is -1.02. The van der Waals surface area contributed by atoms with Gasteiger partial charge in [-0.1, -0.05) is 0 Å². The first kappa shape index (κ1) is 31.6. The van der Waals surface area contributed by atoms with Gasteiger partial charge in [0.2, 0.25) is 5.95 Å². The first-order valence-corrected chi connectivity index (χ1v) is 17.1. The number of methoxy groups -OCH3 is 1. The Labute approximate surface area is 266 Å². The number of nitrogens with zero attached hydrogens (tertiary/aromatic N) is 8. The van der Waals surface area contributed by atoms with E-state index in [2.05, 4.69) is 29.9 Å². The van der Waals surface area contributed by atoms with Gasteiger partial charge in [0, 0.05) is 19.5 Å². The minimum absolute atomic E-state index is 0.0607.